The normalized spacial score (nSPS) is 40.0. The molecule has 0 amide bonds. The average Bonchev–Trinajstić information content (AvgIpc) is 2.60. The summed E-state index contributed by atoms with van der Waals surface area (Å²) in [6.45, 7) is 7.80. The van der Waals surface area contributed by atoms with Crippen LogP contribution < -0.4 is 0 Å². The Bertz CT molecular complexity index is 635. The fourth-order valence-electron chi connectivity index (χ4n) is 6.09. The maximum absolute atomic E-state index is 12.6. The second-order valence-electron chi connectivity index (χ2n) is 9.49. The van der Waals surface area contributed by atoms with Gasteiger partial charge in [-0.15, -0.1) is 0 Å². The topological polar surface area (TPSA) is 71.1 Å². The molecule has 0 aromatic rings. The van der Waals surface area contributed by atoms with Gasteiger partial charge in [-0.2, -0.15) is 0 Å². The highest BCUT2D eigenvalue weighted by molar-refractivity contribution is 5.87. The minimum Gasteiger partial charge on any atom is -0.456 e. The molecule has 4 bridgehead atoms. The summed E-state index contributed by atoms with van der Waals surface area (Å²) in [6.07, 6.45) is 7.10. The summed E-state index contributed by atoms with van der Waals surface area (Å²) >= 11 is 0. The van der Waals surface area contributed by atoms with E-state index in [0.717, 1.165) is 51.4 Å². The summed E-state index contributed by atoms with van der Waals surface area (Å²) in [7, 11) is 0. The molecule has 6 nitrogen and oxygen atoms in total. The smallest absolute Gasteiger partial charge is 0.337 e. The van der Waals surface area contributed by atoms with Crippen LogP contribution in [0.3, 0.4) is 0 Å². The van der Waals surface area contributed by atoms with E-state index < -0.39 is 23.6 Å². The van der Waals surface area contributed by atoms with E-state index in [1.54, 1.807) is 13.8 Å². The van der Waals surface area contributed by atoms with Crippen molar-refractivity contribution >= 4 is 11.9 Å². The van der Waals surface area contributed by atoms with Gasteiger partial charge in [-0.05, 0) is 70.6 Å². The Morgan fingerprint density at radius 3 is 2.39 bits per heavy atom. The molecule has 4 saturated carbocycles. The molecule has 4 aliphatic carbocycles. The lowest BCUT2D eigenvalue weighted by molar-refractivity contribution is -0.250. The largest absolute Gasteiger partial charge is 0.456 e. The third kappa shape index (κ3) is 3.99. The Morgan fingerprint density at radius 1 is 1.11 bits per heavy atom. The Kier molecular flexibility index (Phi) is 5.29. The van der Waals surface area contributed by atoms with Gasteiger partial charge in [-0.25, -0.2) is 9.59 Å². The van der Waals surface area contributed by atoms with E-state index in [2.05, 4.69) is 6.58 Å². The van der Waals surface area contributed by atoms with E-state index in [4.69, 9.17) is 18.9 Å². The van der Waals surface area contributed by atoms with Crippen LogP contribution in [-0.4, -0.2) is 42.1 Å². The Morgan fingerprint density at radius 2 is 1.79 bits per heavy atom. The van der Waals surface area contributed by atoms with Crippen molar-refractivity contribution in [2.75, 3.05) is 6.61 Å². The minimum absolute atomic E-state index is 0.320. The van der Waals surface area contributed by atoms with E-state index in [0.29, 0.717) is 30.4 Å². The van der Waals surface area contributed by atoms with Crippen LogP contribution in [0, 0.1) is 11.8 Å². The molecule has 5 aliphatic rings. The molecule has 5 fully saturated rings. The zero-order valence-electron chi connectivity index (χ0n) is 17.0. The van der Waals surface area contributed by atoms with E-state index >= 15 is 0 Å². The molecule has 1 saturated heterocycles. The van der Waals surface area contributed by atoms with Crippen LogP contribution >= 0.6 is 0 Å². The van der Waals surface area contributed by atoms with Crippen molar-refractivity contribution < 1.29 is 28.5 Å². The second-order valence-corrected chi connectivity index (χ2v) is 9.49. The van der Waals surface area contributed by atoms with E-state index in [1.807, 2.05) is 0 Å². The predicted molar refractivity (Wildman–Crippen MR) is 101 cm³/mol. The zero-order valence-corrected chi connectivity index (χ0v) is 17.0. The molecule has 6 heteroatoms. The predicted octanol–water partition coefficient (Wildman–Crippen LogP) is 3.67. The highest BCUT2D eigenvalue weighted by atomic mass is 16.7. The number of ether oxygens (including phenoxy) is 4. The van der Waals surface area contributed by atoms with Crippen LogP contribution in [-0.2, 0) is 28.5 Å². The lowest BCUT2D eigenvalue weighted by Crippen LogP contribution is -2.62. The van der Waals surface area contributed by atoms with Crippen molar-refractivity contribution in [2.24, 2.45) is 11.8 Å². The van der Waals surface area contributed by atoms with Gasteiger partial charge >= 0.3 is 11.9 Å². The molecule has 1 heterocycles. The van der Waals surface area contributed by atoms with Crippen molar-refractivity contribution in [1.82, 2.24) is 0 Å². The lowest BCUT2D eigenvalue weighted by Gasteiger charge is -2.61. The first kappa shape index (κ1) is 19.9. The van der Waals surface area contributed by atoms with Crippen molar-refractivity contribution in [1.29, 1.82) is 0 Å². The van der Waals surface area contributed by atoms with E-state index in [-0.39, 0.29) is 11.9 Å². The van der Waals surface area contributed by atoms with Gasteiger partial charge in [0, 0.05) is 18.4 Å². The van der Waals surface area contributed by atoms with Crippen LogP contribution in [0.25, 0.3) is 0 Å². The maximum Gasteiger partial charge on any atom is 0.337 e. The quantitative estimate of drug-likeness (QED) is 0.507. The SMILES string of the molecule is C=C(C)C(=O)OC12CC3CC(C1)CC(OC(C)C(=O)OC1CCCCO1)(C3)C2. The van der Waals surface area contributed by atoms with Gasteiger partial charge in [0.2, 0.25) is 6.29 Å². The summed E-state index contributed by atoms with van der Waals surface area (Å²) in [6, 6.07) is 0. The minimum atomic E-state index is -0.657. The fraction of sp³-hybridized carbons (Fsp3) is 0.818. The zero-order chi connectivity index (χ0) is 19.9. The van der Waals surface area contributed by atoms with E-state index in [1.165, 1.54) is 0 Å². The number of esters is 2. The third-order valence-corrected chi connectivity index (χ3v) is 6.76. The van der Waals surface area contributed by atoms with Crippen LogP contribution in [0.5, 0.6) is 0 Å². The molecule has 0 aromatic heterocycles. The van der Waals surface area contributed by atoms with Gasteiger partial charge in [-0.3, -0.25) is 0 Å². The average molecular weight is 392 g/mol. The highest BCUT2D eigenvalue weighted by Gasteiger charge is 2.61. The van der Waals surface area contributed by atoms with Gasteiger partial charge in [0.15, 0.2) is 6.10 Å². The summed E-state index contributed by atoms with van der Waals surface area (Å²) in [4.78, 5) is 24.8. The van der Waals surface area contributed by atoms with Crippen LogP contribution in [0.15, 0.2) is 12.2 Å². The molecule has 0 aromatic carbocycles. The molecular weight excluding hydrogens is 360 g/mol. The lowest BCUT2D eigenvalue weighted by atomic mass is 9.52. The monoisotopic (exact) mass is 392 g/mol. The first-order valence-corrected chi connectivity index (χ1v) is 10.7. The molecule has 4 atom stereocenters. The van der Waals surface area contributed by atoms with Crippen LogP contribution in [0.1, 0.15) is 71.6 Å². The second kappa shape index (κ2) is 7.45. The van der Waals surface area contributed by atoms with Gasteiger partial charge in [0.25, 0.3) is 0 Å². The summed E-state index contributed by atoms with van der Waals surface area (Å²) < 4.78 is 23.3. The molecule has 0 spiro atoms. The number of hydrogen-bond donors (Lipinski definition) is 0. The first-order chi connectivity index (χ1) is 13.3. The van der Waals surface area contributed by atoms with E-state index in [9.17, 15) is 9.59 Å². The highest BCUT2D eigenvalue weighted by Crippen LogP contribution is 2.60. The molecule has 156 valence electrons. The molecule has 1 aliphatic heterocycles. The standard InChI is InChI=1S/C22H32O6/c1-14(2)19(23)28-22-11-16-8-17(12-22)10-21(9-16,13-22)27-15(3)20(24)26-18-6-4-5-7-25-18/h15-18H,1,4-13H2,2-3H3. The van der Waals surface area contributed by atoms with Crippen molar-refractivity contribution in [3.63, 3.8) is 0 Å². The van der Waals surface area contributed by atoms with Gasteiger partial charge in [-0.1, -0.05) is 6.58 Å². The van der Waals surface area contributed by atoms with Crippen LogP contribution in [0.4, 0.5) is 0 Å². The molecule has 5 rings (SSSR count). The number of carbonyl (C=O) groups excluding carboxylic acids is 2. The van der Waals surface area contributed by atoms with Gasteiger partial charge < -0.3 is 18.9 Å². The van der Waals surface area contributed by atoms with Crippen molar-refractivity contribution in [3.8, 4) is 0 Å². The summed E-state index contributed by atoms with van der Waals surface area (Å²) in [5.74, 6) is 0.266. The molecular formula is C22H32O6. The van der Waals surface area contributed by atoms with Crippen molar-refractivity contribution in [3.05, 3.63) is 12.2 Å². The number of hydrogen-bond acceptors (Lipinski definition) is 6. The Labute approximate surface area is 166 Å². The maximum atomic E-state index is 12.6. The third-order valence-electron chi connectivity index (χ3n) is 6.76. The number of carbonyl (C=O) groups is 2. The molecule has 0 N–H and O–H groups in total. The van der Waals surface area contributed by atoms with Gasteiger partial charge in [0.05, 0.1) is 12.2 Å². The number of rotatable bonds is 6. The summed E-state index contributed by atoms with van der Waals surface area (Å²) in [5, 5.41) is 0. The van der Waals surface area contributed by atoms with Crippen LogP contribution in [0.2, 0.25) is 0 Å². The Hall–Kier alpha value is -1.40. The molecule has 4 unspecified atom stereocenters. The van der Waals surface area contributed by atoms with Crippen molar-refractivity contribution in [2.45, 2.75) is 95.2 Å². The van der Waals surface area contributed by atoms with Gasteiger partial charge in [0.1, 0.15) is 5.60 Å². The Balaban J connectivity index is 1.42. The molecule has 28 heavy (non-hydrogen) atoms. The summed E-state index contributed by atoms with van der Waals surface area (Å²) in [5.41, 5.74) is -0.461. The molecule has 0 radical (unpaired) electrons. The fourth-order valence-corrected chi connectivity index (χ4v) is 6.09. The first-order valence-electron chi connectivity index (χ1n) is 10.7.